The lowest BCUT2D eigenvalue weighted by Crippen LogP contribution is -2.40. The number of rotatable bonds is 8. The lowest BCUT2D eigenvalue weighted by molar-refractivity contribution is -0.120. The molecule has 0 aromatic heterocycles. The molecule has 0 heterocycles. The second kappa shape index (κ2) is 8.64. The number of carbonyl (C=O) groups is 1. The fourth-order valence-corrected chi connectivity index (χ4v) is 2.14. The Morgan fingerprint density at radius 1 is 1.33 bits per heavy atom. The molecule has 0 saturated heterocycles. The van der Waals surface area contributed by atoms with Crippen molar-refractivity contribution in [2.45, 2.75) is 25.9 Å². The Hall–Kier alpha value is -1.59. The first-order valence-corrected chi connectivity index (χ1v) is 7.24. The zero-order chi connectivity index (χ0) is 15.8. The second-order valence-corrected chi connectivity index (χ2v) is 5.61. The molecule has 0 bridgehead atoms. The summed E-state index contributed by atoms with van der Waals surface area (Å²) >= 11 is 0. The van der Waals surface area contributed by atoms with Gasteiger partial charge in [-0.2, -0.15) is 0 Å². The number of hydrogen-bond acceptors (Lipinski definition) is 4. The maximum absolute atomic E-state index is 11.6. The summed E-state index contributed by atoms with van der Waals surface area (Å²) in [5, 5.41) is 6.08. The molecule has 0 aliphatic heterocycles. The number of methoxy groups -OCH3 is 1. The van der Waals surface area contributed by atoms with E-state index in [0.29, 0.717) is 13.1 Å². The van der Waals surface area contributed by atoms with E-state index in [1.54, 1.807) is 7.11 Å². The molecular formula is C16H27N3O2. The van der Waals surface area contributed by atoms with Crippen molar-refractivity contribution in [1.29, 1.82) is 0 Å². The van der Waals surface area contributed by atoms with Gasteiger partial charge in [0, 0.05) is 18.6 Å². The highest BCUT2D eigenvalue weighted by atomic mass is 16.5. The molecule has 0 saturated carbocycles. The van der Waals surface area contributed by atoms with Gasteiger partial charge in [0.15, 0.2) is 0 Å². The second-order valence-electron chi connectivity index (χ2n) is 5.61. The molecule has 0 unspecified atom stereocenters. The number of nitrogens with one attached hydrogen (secondary N) is 2. The zero-order valence-electron chi connectivity index (χ0n) is 13.6. The van der Waals surface area contributed by atoms with E-state index in [0.717, 1.165) is 11.3 Å². The van der Waals surface area contributed by atoms with Crippen molar-refractivity contribution in [1.82, 2.24) is 15.5 Å². The monoisotopic (exact) mass is 293 g/mol. The predicted molar refractivity (Wildman–Crippen MR) is 85.6 cm³/mol. The summed E-state index contributed by atoms with van der Waals surface area (Å²) < 4.78 is 5.27. The first-order valence-electron chi connectivity index (χ1n) is 7.24. The summed E-state index contributed by atoms with van der Waals surface area (Å²) in [4.78, 5) is 13.8. The number of ether oxygens (including phenoxy) is 1. The summed E-state index contributed by atoms with van der Waals surface area (Å²) in [7, 11) is 5.72. The van der Waals surface area contributed by atoms with Crippen molar-refractivity contribution in [3.63, 3.8) is 0 Å². The molecule has 1 aromatic rings. The van der Waals surface area contributed by atoms with Gasteiger partial charge in [-0.25, -0.2) is 0 Å². The molecule has 118 valence electrons. The summed E-state index contributed by atoms with van der Waals surface area (Å²) in [6.45, 7) is 4.94. The summed E-state index contributed by atoms with van der Waals surface area (Å²) in [6, 6.07) is 8.37. The van der Waals surface area contributed by atoms with E-state index < -0.39 is 0 Å². The van der Waals surface area contributed by atoms with Crippen molar-refractivity contribution in [3.8, 4) is 5.75 Å². The summed E-state index contributed by atoms with van der Waals surface area (Å²) in [5.74, 6) is 0.866. The van der Waals surface area contributed by atoms with E-state index in [4.69, 9.17) is 4.74 Å². The van der Waals surface area contributed by atoms with Crippen LogP contribution in [0.25, 0.3) is 0 Å². The lowest BCUT2D eigenvalue weighted by Gasteiger charge is -2.25. The predicted octanol–water partition coefficient (Wildman–Crippen LogP) is 1.41. The van der Waals surface area contributed by atoms with Crippen LogP contribution in [-0.2, 0) is 4.79 Å². The molecule has 5 nitrogen and oxygen atoms in total. The molecule has 1 rings (SSSR count). The van der Waals surface area contributed by atoms with Crippen molar-refractivity contribution < 1.29 is 9.53 Å². The first kappa shape index (κ1) is 17.5. The van der Waals surface area contributed by atoms with Crippen LogP contribution in [0.4, 0.5) is 0 Å². The van der Waals surface area contributed by atoms with E-state index in [1.165, 1.54) is 0 Å². The largest absolute Gasteiger partial charge is 0.497 e. The van der Waals surface area contributed by atoms with Crippen LogP contribution in [0.15, 0.2) is 24.3 Å². The van der Waals surface area contributed by atoms with Gasteiger partial charge in [-0.05, 0) is 45.6 Å². The lowest BCUT2D eigenvalue weighted by atomic mass is 10.1. The average Bonchev–Trinajstić information content (AvgIpc) is 2.42. The molecule has 21 heavy (non-hydrogen) atoms. The maximum atomic E-state index is 11.6. The molecule has 0 aliphatic carbocycles. The average molecular weight is 293 g/mol. The van der Waals surface area contributed by atoms with Crippen molar-refractivity contribution in [2.24, 2.45) is 0 Å². The fourth-order valence-electron chi connectivity index (χ4n) is 2.14. The Morgan fingerprint density at radius 3 is 2.62 bits per heavy atom. The zero-order valence-corrected chi connectivity index (χ0v) is 13.6. The van der Waals surface area contributed by atoms with Gasteiger partial charge in [0.2, 0.25) is 5.91 Å². The topological polar surface area (TPSA) is 53.6 Å². The third kappa shape index (κ3) is 6.14. The van der Waals surface area contributed by atoms with Gasteiger partial charge in [-0.1, -0.05) is 12.1 Å². The molecule has 1 aromatic carbocycles. The number of hydrogen-bond donors (Lipinski definition) is 2. The highest BCUT2D eigenvalue weighted by Crippen LogP contribution is 2.21. The normalized spacial score (nSPS) is 12.5. The van der Waals surface area contributed by atoms with Gasteiger partial charge in [0.25, 0.3) is 0 Å². The van der Waals surface area contributed by atoms with Crippen LogP contribution in [-0.4, -0.2) is 51.1 Å². The van der Waals surface area contributed by atoms with Crippen LogP contribution in [0.1, 0.15) is 25.5 Å². The Balaban J connectivity index is 2.60. The van der Waals surface area contributed by atoms with Gasteiger partial charge in [-0.3, -0.25) is 4.79 Å². The summed E-state index contributed by atoms with van der Waals surface area (Å²) in [5.41, 5.74) is 1.16. The van der Waals surface area contributed by atoms with E-state index in [1.807, 2.05) is 46.1 Å². The van der Waals surface area contributed by atoms with Crippen LogP contribution in [0.5, 0.6) is 5.75 Å². The van der Waals surface area contributed by atoms with Crippen LogP contribution in [0.2, 0.25) is 0 Å². The molecule has 0 radical (unpaired) electrons. The van der Waals surface area contributed by atoms with Crippen molar-refractivity contribution in [2.75, 3.05) is 34.3 Å². The van der Waals surface area contributed by atoms with Gasteiger partial charge in [0.1, 0.15) is 5.75 Å². The van der Waals surface area contributed by atoms with Crippen LogP contribution in [0.3, 0.4) is 0 Å². The highest BCUT2D eigenvalue weighted by Gasteiger charge is 2.15. The molecule has 1 atom stereocenters. The highest BCUT2D eigenvalue weighted by molar-refractivity contribution is 5.78. The van der Waals surface area contributed by atoms with E-state index in [9.17, 15) is 4.79 Å². The van der Waals surface area contributed by atoms with E-state index >= 15 is 0 Å². The summed E-state index contributed by atoms with van der Waals surface area (Å²) in [6.07, 6.45) is 0. The van der Waals surface area contributed by atoms with Crippen molar-refractivity contribution >= 4 is 5.91 Å². The number of benzene rings is 1. The minimum Gasteiger partial charge on any atom is -0.497 e. The first-order chi connectivity index (χ1) is 9.93. The molecule has 2 N–H and O–H groups in total. The third-order valence-corrected chi connectivity index (χ3v) is 3.17. The Kier molecular flexibility index (Phi) is 7.19. The molecule has 0 fully saturated rings. The van der Waals surface area contributed by atoms with Gasteiger partial charge < -0.3 is 20.3 Å². The van der Waals surface area contributed by atoms with Gasteiger partial charge in [0.05, 0.1) is 13.7 Å². The molecule has 0 aliphatic rings. The molecular weight excluding hydrogens is 266 g/mol. The smallest absolute Gasteiger partial charge is 0.234 e. The standard InChI is InChI=1S/C16H27N3O2/c1-12(2)18-16(20)11-17-10-15(19(3)4)13-7-6-8-14(9-13)21-5/h6-9,12,15,17H,10-11H2,1-5H3,(H,18,20)/t15-/m0/s1. The quantitative estimate of drug-likeness (QED) is 0.761. The minimum absolute atomic E-state index is 0.0214. The molecule has 5 heteroatoms. The maximum Gasteiger partial charge on any atom is 0.234 e. The fraction of sp³-hybridized carbons (Fsp3) is 0.562. The van der Waals surface area contributed by atoms with Crippen LogP contribution >= 0.6 is 0 Å². The number of amides is 1. The van der Waals surface area contributed by atoms with Crippen molar-refractivity contribution in [3.05, 3.63) is 29.8 Å². The Labute approximate surface area is 127 Å². The van der Waals surface area contributed by atoms with Gasteiger partial charge >= 0.3 is 0 Å². The minimum atomic E-state index is 0.0214. The van der Waals surface area contributed by atoms with Gasteiger partial charge in [-0.15, -0.1) is 0 Å². The third-order valence-electron chi connectivity index (χ3n) is 3.17. The van der Waals surface area contributed by atoms with Crippen LogP contribution in [0, 0.1) is 0 Å². The number of carbonyl (C=O) groups excluding carboxylic acids is 1. The SMILES string of the molecule is COc1cccc([C@H](CNCC(=O)NC(C)C)N(C)C)c1. The number of likely N-dealkylation sites (N-methyl/N-ethyl adjacent to an activating group) is 1. The van der Waals surface area contributed by atoms with E-state index in [-0.39, 0.29) is 18.0 Å². The van der Waals surface area contributed by atoms with E-state index in [2.05, 4.69) is 21.6 Å². The molecule has 1 amide bonds. The Morgan fingerprint density at radius 2 is 2.05 bits per heavy atom. The Bertz CT molecular complexity index is 447. The molecule has 0 spiro atoms. The van der Waals surface area contributed by atoms with Crippen LogP contribution < -0.4 is 15.4 Å². The number of nitrogens with zero attached hydrogens (tertiary/aromatic N) is 1.